The Hall–Kier alpha value is -0.0800. The molecule has 3 fully saturated rings. The molecule has 3 aliphatic rings. The summed E-state index contributed by atoms with van der Waals surface area (Å²) < 4.78 is 0. The molecular weight excluding hydrogens is 437 g/mol. The van der Waals surface area contributed by atoms with Crippen LogP contribution in [0, 0.1) is 11.8 Å². The van der Waals surface area contributed by atoms with E-state index in [-0.39, 0.29) is 24.0 Å². The van der Waals surface area contributed by atoms with Gasteiger partial charge in [0.25, 0.3) is 0 Å². The number of nitrogens with one attached hydrogen (secondary N) is 2. The van der Waals surface area contributed by atoms with Crippen LogP contribution in [0.2, 0.25) is 0 Å². The normalized spacial score (nSPS) is 31.5. The summed E-state index contributed by atoms with van der Waals surface area (Å²) in [5, 5.41) is 7.26. The van der Waals surface area contributed by atoms with E-state index < -0.39 is 0 Å². The van der Waals surface area contributed by atoms with Crippen LogP contribution < -0.4 is 10.6 Å². The third-order valence-electron chi connectivity index (χ3n) is 6.64. The first-order valence-electron chi connectivity index (χ1n) is 10.6. The van der Waals surface area contributed by atoms with Crippen molar-refractivity contribution in [3.8, 4) is 0 Å². The van der Waals surface area contributed by atoms with Crippen molar-refractivity contribution >= 4 is 29.9 Å². The number of halogens is 1. The van der Waals surface area contributed by atoms with Crippen LogP contribution in [0.3, 0.4) is 0 Å². The van der Waals surface area contributed by atoms with Gasteiger partial charge in [-0.05, 0) is 57.7 Å². The van der Waals surface area contributed by atoms with Gasteiger partial charge < -0.3 is 20.4 Å². The Balaban J connectivity index is 0.00000243. The Morgan fingerprint density at radius 2 is 1.77 bits per heavy atom. The molecule has 152 valence electrons. The Morgan fingerprint density at radius 1 is 0.962 bits per heavy atom. The summed E-state index contributed by atoms with van der Waals surface area (Å²) in [7, 11) is 4.14. The summed E-state index contributed by atoms with van der Waals surface area (Å²) in [6.07, 6.45) is 11.2. The Morgan fingerprint density at radius 3 is 2.58 bits per heavy atom. The maximum Gasteiger partial charge on any atom is 0.191 e. The van der Waals surface area contributed by atoms with Crippen LogP contribution in [-0.4, -0.2) is 75.2 Å². The number of guanidine groups is 1. The lowest BCUT2D eigenvalue weighted by molar-refractivity contribution is 0.150. The lowest BCUT2D eigenvalue weighted by atomic mass is 9.69. The zero-order valence-corrected chi connectivity index (χ0v) is 19.2. The average Bonchev–Trinajstić information content (AvgIpc) is 2.85. The second kappa shape index (κ2) is 11.7. The van der Waals surface area contributed by atoms with E-state index in [1.807, 2.05) is 7.05 Å². The van der Waals surface area contributed by atoms with Gasteiger partial charge in [-0.3, -0.25) is 4.99 Å². The second-order valence-corrected chi connectivity index (χ2v) is 8.46. The molecular formula is C20H40IN5. The van der Waals surface area contributed by atoms with Crippen LogP contribution in [-0.2, 0) is 0 Å². The first-order chi connectivity index (χ1) is 12.2. The first kappa shape index (κ1) is 22.2. The van der Waals surface area contributed by atoms with Crippen molar-refractivity contribution < 1.29 is 0 Å². The number of hydrogen-bond donors (Lipinski definition) is 2. The van der Waals surface area contributed by atoms with Crippen molar-refractivity contribution in [2.24, 2.45) is 16.8 Å². The van der Waals surface area contributed by atoms with Crippen LogP contribution in [0.5, 0.6) is 0 Å². The fraction of sp³-hybridized carbons (Fsp3) is 0.950. The monoisotopic (exact) mass is 477 g/mol. The van der Waals surface area contributed by atoms with E-state index >= 15 is 0 Å². The molecule has 26 heavy (non-hydrogen) atoms. The fourth-order valence-corrected chi connectivity index (χ4v) is 5.05. The zero-order chi connectivity index (χ0) is 17.5. The van der Waals surface area contributed by atoms with E-state index in [1.54, 1.807) is 0 Å². The molecule has 0 aromatic carbocycles. The molecule has 0 radical (unpaired) electrons. The highest BCUT2D eigenvalue weighted by molar-refractivity contribution is 14.0. The fourth-order valence-electron chi connectivity index (χ4n) is 5.05. The molecule has 3 unspecified atom stereocenters. The summed E-state index contributed by atoms with van der Waals surface area (Å²) in [4.78, 5) is 9.49. The van der Waals surface area contributed by atoms with Crippen LogP contribution in [0.25, 0.3) is 0 Å². The molecule has 5 nitrogen and oxygen atoms in total. The number of likely N-dealkylation sites (N-methyl/N-ethyl adjacent to an activating group) is 1. The number of fused-ring (bicyclic) bond motifs is 1. The predicted molar refractivity (Wildman–Crippen MR) is 122 cm³/mol. The van der Waals surface area contributed by atoms with E-state index in [0.717, 1.165) is 30.9 Å². The Bertz CT molecular complexity index is 430. The van der Waals surface area contributed by atoms with E-state index in [1.165, 1.54) is 77.5 Å². The van der Waals surface area contributed by atoms with Crippen LogP contribution in [0.4, 0.5) is 0 Å². The van der Waals surface area contributed by atoms with Crippen molar-refractivity contribution in [1.82, 2.24) is 20.4 Å². The highest BCUT2D eigenvalue weighted by Gasteiger charge is 2.32. The predicted octanol–water partition coefficient (Wildman–Crippen LogP) is 2.77. The summed E-state index contributed by atoms with van der Waals surface area (Å²) in [5.74, 6) is 2.99. The maximum atomic E-state index is 4.47. The maximum absolute atomic E-state index is 4.47. The van der Waals surface area contributed by atoms with Gasteiger partial charge in [-0.2, -0.15) is 0 Å². The molecule has 1 heterocycles. The summed E-state index contributed by atoms with van der Waals surface area (Å²) in [6.45, 7) is 6.94. The molecule has 0 spiro atoms. The minimum absolute atomic E-state index is 0. The van der Waals surface area contributed by atoms with E-state index in [2.05, 4.69) is 32.5 Å². The molecule has 0 aromatic heterocycles. The van der Waals surface area contributed by atoms with Crippen molar-refractivity contribution in [2.75, 3.05) is 53.4 Å². The minimum Gasteiger partial charge on any atom is -0.355 e. The van der Waals surface area contributed by atoms with Crippen molar-refractivity contribution in [2.45, 2.75) is 57.4 Å². The van der Waals surface area contributed by atoms with E-state index in [9.17, 15) is 0 Å². The first-order valence-corrected chi connectivity index (χ1v) is 10.6. The average molecular weight is 477 g/mol. The van der Waals surface area contributed by atoms with Gasteiger partial charge in [-0.25, -0.2) is 0 Å². The molecule has 0 aromatic rings. The number of rotatable bonds is 4. The molecule has 1 saturated heterocycles. The summed E-state index contributed by atoms with van der Waals surface area (Å²) in [5.41, 5.74) is 0. The molecule has 0 bridgehead atoms. The highest BCUT2D eigenvalue weighted by Crippen LogP contribution is 2.40. The van der Waals surface area contributed by atoms with Gasteiger partial charge in [0.15, 0.2) is 5.96 Å². The van der Waals surface area contributed by atoms with Gasteiger partial charge in [0, 0.05) is 39.3 Å². The molecule has 2 aliphatic carbocycles. The van der Waals surface area contributed by atoms with E-state index in [0.29, 0.717) is 6.04 Å². The lowest BCUT2D eigenvalue weighted by Gasteiger charge is -2.39. The van der Waals surface area contributed by atoms with Gasteiger partial charge in [-0.15, -0.1) is 24.0 Å². The third-order valence-corrected chi connectivity index (χ3v) is 6.64. The van der Waals surface area contributed by atoms with Gasteiger partial charge in [-0.1, -0.05) is 25.7 Å². The van der Waals surface area contributed by atoms with Crippen LogP contribution in [0.1, 0.15) is 51.4 Å². The van der Waals surface area contributed by atoms with Gasteiger partial charge in [0.2, 0.25) is 0 Å². The molecule has 1 aliphatic heterocycles. The van der Waals surface area contributed by atoms with Crippen LogP contribution >= 0.6 is 24.0 Å². The van der Waals surface area contributed by atoms with Crippen molar-refractivity contribution in [3.63, 3.8) is 0 Å². The van der Waals surface area contributed by atoms with Crippen molar-refractivity contribution in [3.05, 3.63) is 0 Å². The van der Waals surface area contributed by atoms with Crippen molar-refractivity contribution in [1.29, 1.82) is 0 Å². The van der Waals surface area contributed by atoms with Gasteiger partial charge in [0.05, 0.1) is 0 Å². The number of hydrogen-bond acceptors (Lipinski definition) is 3. The summed E-state index contributed by atoms with van der Waals surface area (Å²) in [6, 6.07) is 0.623. The molecule has 3 rings (SSSR count). The van der Waals surface area contributed by atoms with Gasteiger partial charge >= 0.3 is 0 Å². The van der Waals surface area contributed by atoms with Crippen LogP contribution in [0.15, 0.2) is 4.99 Å². The third kappa shape index (κ3) is 6.82. The zero-order valence-electron chi connectivity index (χ0n) is 16.9. The highest BCUT2D eigenvalue weighted by atomic mass is 127. The second-order valence-electron chi connectivity index (χ2n) is 8.46. The topological polar surface area (TPSA) is 42.9 Å². The minimum atomic E-state index is 0. The smallest absolute Gasteiger partial charge is 0.191 e. The van der Waals surface area contributed by atoms with E-state index in [4.69, 9.17) is 0 Å². The molecule has 3 atom stereocenters. The largest absolute Gasteiger partial charge is 0.355 e. The molecule has 0 amide bonds. The lowest BCUT2D eigenvalue weighted by Crippen LogP contribution is -2.48. The molecule has 2 saturated carbocycles. The van der Waals surface area contributed by atoms with Gasteiger partial charge in [0.1, 0.15) is 0 Å². The SMILES string of the molecule is CN=C(NCCN1CCCN(C)CC1)NC1CCC2CCCCC2C1.I. The standard InChI is InChI=1S/C20H39N5.HI/c1-21-20(22-10-13-25-12-5-11-24(2)14-15-25)23-19-9-8-17-6-3-4-7-18(17)16-19;/h17-19H,3-16H2,1-2H3,(H2,21,22,23);1H. The number of aliphatic imine (C=N–C) groups is 1. The molecule has 2 N–H and O–H groups in total. The Kier molecular flexibility index (Phi) is 9.99. The number of nitrogens with zero attached hydrogens (tertiary/aromatic N) is 3. The quantitative estimate of drug-likeness (QED) is 0.371. The summed E-state index contributed by atoms with van der Waals surface area (Å²) >= 11 is 0. The molecule has 6 heteroatoms. The Labute approximate surface area is 177 Å².